The Morgan fingerprint density at radius 2 is 2.17 bits per heavy atom. The lowest BCUT2D eigenvalue weighted by Gasteiger charge is -2.05. The molecule has 1 amide bonds. The van der Waals surface area contributed by atoms with E-state index >= 15 is 0 Å². The number of fused-ring (bicyclic) bond motifs is 1. The molecule has 2 N–H and O–H groups in total. The number of anilines is 1. The van der Waals surface area contributed by atoms with Gasteiger partial charge in [0, 0.05) is 6.07 Å². The third kappa shape index (κ3) is 3.34. The molecule has 1 aromatic carbocycles. The van der Waals surface area contributed by atoms with Gasteiger partial charge in [-0.15, -0.1) is 10.2 Å². The van der Waals surface area contributed by atoms with Crippen LogP contribution in [-0.4, -0.2) is 36.5 Å². The molecule has 0 aliphatic rings. The fourth-order valence-corrected chi connectivity index (χ4v) is 2.38. The highest BCUT2D eigenvalue weighted by atomic mass is 32.2. The van der Waals surface area contributed by atoms with Crippen molar-refractivity contribution in [1.29, 1.82) is 0 Å². The van der Waals surface area contributed by atoms with Crippen LogP contribution in [0.2, 0.25) is 0 Å². The maximum atomic E-state index is 13.4. The molecule has 0 radical (unpaired) electrons. The summed E-state index contributed by atoms with van der Waals surface area (Å²) in [5, 5.41) is 13.9. The highest BCUT2D eigenvalue weighted by molar-refractivity contribution is 7.99. The molecule has 0 aliphatic heterocycles. The van der Waals surface area contributed by atoms with Gasteiger partial charge >= 0.3 is 0 Å². The minimum Gasteiger partial charge on any atom is -0.323 e. The normalized spacial score (nSPS) is 10.9. The number of carbonyl (C=O) groups excluding carboxylic acids is 1. The summed E-state index contributed by atoms with van der Waals surface area (Å²) in [5.74, 6) is -2.06. The molecule has 0 fully saturated rings. The molecule has 0 unspecified atom stereocenters. The van der Waals surface area contributed by atoms with E-state index in [0.29, 0.717) is 6.07 Å². The third-order valence-electron chi connectivity index (χ3n) is 2.68. The number of amides is 1. The summed E-state index contributed by atoms with van der Waals surface area (Å²) in [6, 6.07) is 2.85. The van der Waals surface area contributed by atoms with Crippen molar-refractivity contribution in [3.05, 3.63) is 46.4 Å². The molecule has 0 aliphatic carbocycles. The van der Waals surface area contributed by atoms with E-state index in [2.05, 4.69) is 25.6 Å². The van der Waals surface area contributed by atoms with Crippen molar-refractivity contribution < 1.29 is 13.6 Å². The molecule has 8 nitrogen and oxygen atoms in total. The van der Waals surface area contributed by atoms with Gasteiger partial charge in [-0.2, -0.15) is 9.61 Å². The second-order valence-electron chi connectivity index (χ2n) is 4.31. The smallest absolute Gasteiger partial charge is 0.271 e. The van der Waals surface area contributed by atoms with Crippen LogP contribution in [0.4, 0.5) is 14.5 Å². The Bertz CT molecular complexity index is 941. The molecule has 11 heteroatoms. The first-order valence-electron chi connectivity index (χ1n) is 6.21. The van der Waals surface area contributed by atoms with E-state index in [0.717, 1.165) is 30.1 Å². The van der Waals surface area contributed by atoms with Gasteiger partial charge in [-0.05, 0) is 12.1 Å². The first-order chi connectivity index (χ1) is 11.0. The molecule has 3 aromatic rings. The molecule has 2 heterocycles. The average Bonchev–Trinajstić information content (AvgIpc) is 2.90. The van der Waals surface area contributed by atoms with Crippen LogP contribution in [0.5, 0.6) is 0 Å². The number of carbonyl (C=O) groups is 1. The first-order valence-corrected chi connectivity index (χ1v) is 7.20. The number of rotatable bonds is 4. The van der Waals surface area contributed by atoms with Gasteiger partial charge in [0.1, 0.15) is 17.8 Å². The van der Waals surface area contributed by atoms with E-state index in [4.69, 9.17) is 0 Å². The molecule has 0 saturated carbocycles. The molecular formula is C12H8F2N6O2S. The van der Waals surface area contributed by atoms with Gasteiger partial charge in [0.25, 0.3) is 11.3 Å². The Kier molecular flexibility index (Phi) is 4.02. The number of aromatic nitrogens is 5. The van der Waals surface area contributed by atoms with Crippen LogP contribution in [0.25, 0.3) is 5.78 Å². The van der Waals surface area contributed by atoms with Gasteiger partial charge in [-0.1, -0.05) is 11.8 Å². The van der Waals surface area contributed by atoms with Crippen LogP contribution >= 0.6 is 11.8 Å². The number of hydrogen-bond acceptors (Lipinski definition) is 6. The molecule has 2 aromatic heterocycles. The summed E-state index contributed by atoms with van der Waals surface area (Å²) in [6.45, 7) is 0. The zero-order chi connectivity index (χ0) is 16.4. The summed E-state index contributed by atoms with van der Waals surface area (Å²) in [7, 11) is 0. The van der Waals surface area contributed by atoms with Crippen molar-refractivity contribution in [3.63, 3.8) is 0 Å². The molecular weight excluding hydrogens is 330 g/mol. The fourth-order valence-electron chi connectivity index (χ4n) is 1.70. The van der Waals surface area contributed by atoms with Gasteiger partial charge < -0.3 is 5.32 Å². The standard InChI is InChI=1S/C12H8F2N6O2S/c13-6-1-2-8(7(14)3-6)16-10(22)5-23-12-19-18-11-17-9(21)4-15-20(11)12/h1-4H,5H2,(H,16,22)(H,17,18,21). The Hall–Kier alpha value is -2.82. The second kappa shape index (κ2) is 6.12. The van der Waals surface area contributed by atoms with Crippen LogP contribution in [0, 0.1) is 11.6 Å². The maximum Gasteiger partial charge on any atom is 0.271 e. The number of thioether (sulfide) groups is 1. The SMILES string of the molecule is O=C(CSc1nnc2[nH]c(=O)cnn12)Nc1ccc(F)cc1F. The third-order valence-corrected chi connectivity index (χ3v) is 3.59. The van der Waals surface area contributed by atoms with Crippen LogP contribution < -0.4 is 10.9 Å². The van der Waals surface area contributed by atoms with Crippen LogP contribution in [0.1, 0.15) is 0 Å². The number of H-pyrrole nitrogens is 1. The largest absolute Gasteiger partial charge is 0.323 e. The topological polar surface area (TPSA) is 105 Å². The minimum atomic E-state index is -0.865. The molecule has 0 atom stereocenters. The molecule has 0 spiro atoms. The van der Waals surface area contributed by atoms with E-state index in [9.17, 15) is 18.4 Å². The van der Waals surface area contributed by atoms with Crippen LogP contribution in [0.3, 0.4) is 0 Å². The van der Waals surface area contributed by atoms with E-state index < -0.39 is 23.1 Å². The molecule has 118 valence electrons. The number of aromatic amines is 1. The Morgan fingerprint density at radius 1 is 1.35 bits per heavy atom. The van der Waals surface area contributed by atoms with Crippen molar-refractivity contribution in [2.24, 2.45) is 0 Å². The van der Waals surface area contributed by atoms with Crippen LogP contribution in [-0.2, 0) is 4.79 Å². The zero-order valence-corrected chi connectivity index (χ0v) is 12.1. The average molecular weight is 338 g/mol. The van der Waals surface area contributed by atoms with Gasteiger partial charge in [0.15, 0.2) is 0 Å². The number of hydrogen-bond donors (Lipinski definition) is 2. The zero-order valence-electron chi connectivity index (χ0n) is 11.3. The summed E-state index contributed by atoms with van der Waals surface area (Å²) < 4.78 is 27.5. The van der Waals surface area contributed by atoms with Gasteiger partial charge in [0.05, 0.1) is 11.4 Å². The van der Waals surface area contributed by atoms with Crippen molar-refractivity contribution in [2.45, 2.75) is 5.16 Å². The van der Waals surface area contributed by atoms with Crippen molar-refractivity contribution in [3.8, 4) is 0 Å². The quantitative estimate of drug-likeness (QED) is 0.683. The van der Waals surface area contributed by atoms with E-state index in [-0.39, 0.29) is 22.4 Å². The molecule has 0 saturated heterocycles. The minimum absolute atomic E-state index is 0.0988. The van der Waals surface area contributed by atoms with Gasteiger partial charge in [-0.3, -0.25) is 14.6 Å². The monoisotopic (exact) mass is 338 g/mol. The number of nitrogens with one attached hydrogen (secondary N) is 2. The second-order valence-corrected chi connectivity index (χ2v) is 5.26. The lowest BCUT2D eigenvalue weighted by molar-refractivity contribution is -0.113. The number of nitrogens with zero attached hydrogens (tertiary/aromatic N) is 4. The predicted octanol–water partition coefficient (Wildman–Crippen LogP) is 0.822. The van der Waals surface area contributed by atoms with Crippen molar-refractivity contribution in [2.75, 3.05) is 11.1 Å². The Morgan fingerprint density at radius 3 is 2.96 bits per heavy atom. The molecule has 3 rings (SSSR count). The maximum absolute atomic E-state index is 13.4. The van der Waals surface area contributed by atoms with E-state index in [1.54, 1.807) is 0 Å². The lowest BCUT2D eigenvalue weighted by Crippen LogP contribution is -2.15. The molecule has 0 bridgehead atoms. The predicted molar refractivity (Wildman–Crippen MR) is 77.1 cm³/mol. The summed E-state index contributed by atoms with van der Waals surface area (Å²) in [6.07, 6.45) is 1.05. The summed E-state index contributed by atoms with van der Waals surface area (Å²) in [5.41, 5.74) is -0.545. The molecule has 23 heavy (non-hydrogen) atoms. The number of benzene rings is 1. The summed E-state index contributed by atoms with van der Waals surface area (Å²) >= 11 is 0.995. The van der Waals surface area contributed by atoms with Gasteiger partial charge in [-0.25, -0.2) is 8.78 Å². The van der Waals surface area contributed by atoms with Crippen LogP contribution in [0.15, 0.2) is 34.3 Å². The van der Waals surface area contributed by atoms with Crippen molar-refractivity contribution >= 4 is 29.1 Å². The Balaban J connectivity index is 1.67. The van der Waals surface area contributed by atoms with E-state index in [1.807, 2.05) is 0 Å². The number of halogens is 2. The van der Waals surface area contributed by atoms with E-state index in [1.165, 1.54) is 4.52 Å². The summed E-state index contributed by atoms with van der Waals surface area (Å²) in [4.78, 5) is 25.3. The highest BCUT2D eigenvalue weighted by Crippen LogP contribution is 2.17. The Labute approximate surface area is 130 Å². The highest BCUT2D eigenvalue weighted by Gasteiger charge is 2.12. The van der Waals surface area contributed by atoms with Gasteiger partial charge in [0.2, 0.25) is 11.1 Å². The van der Waals surface area contributed by atoms with Crippen molar-refractivity contribution in [1.82, 2.24) is 24.8 Å². The lowest BCUT2D eigenvalue weighted by atomic mass is 10.3. The fraction of sp³-hybridized carbons (Fsp3) is 0.0833. The first kappa shape index (κ1) is 15.1.